The molecule has 130 valence electrons. The molecule has 3 heterocycles. The van der Waals surface area contributed by atoms with Gasteiger partial charge in [0.15, 0.2) is 5.65 Å². The Morgan fingerprint density at radius 3 is 2.88 bits per heavy atom. The average molecular weight is 332 g/mol. The molecule has 0 aromatic carbocycles. The van der Waals surface area contributed by atoms with E-state index in [-0.39, 0.29) is 11.8 Å². The van der Waals surface area contributed by atoms with Crippen LogP contribution in [-0.4, -0.2) is 49.3 Å². The zero-order chi connectivity index (χ0) is 17.3. The van der Waals surface area contributed by atoms with Crippen LogP contribution in [0.25, 0.3) is 11.0 Å². The van der Waals surface area contributed by atoms with Gasteiger partial charge >= 0.3 is 0 Å². The number of likely N-dealkylation sites (tertiary alicyclic amines) is 1. The first-order chi connectivity index (χ1) is 11.6. The highest BCUT2D eigenvalue weighted by Gasteiger charge is 2.34. The normalized spacial score (nSPS) is 17.6. The summed E-state index contributed by atoms with van der Waals surface area (Å²) >= 11 is 0. The highest BCUT2D eigenvalue weighted by atomic mass is 16.2. The zero-order valence-electron chi connectivity index (χ0n) is 14.4. The van der Waals surface area contributed by atoms with Crippen LogP contribution in [0.1, 0.15) is 45.2 Å². The quantitative estimate of drug-likeness (QED) is 0.869. The molecule has 1 atom stereocenters. The van der Waals surface area contributed by atoms with Crippen LogP contribution >= 0.6 is 0 Å². The third kappa shape index (κ3) is 2.76. The standard InChI is InChI=1S/C16H24N6O2/c1-4-7-12(23)22-9-6-8-11(22)16(24)17-14-13-10(5-2)20-21(3)15(13)19-18-14/h11H,4-9H2,1-3H3,(H2,17,18,19,24)/t11-/m1/s1. The Bertz CT molecular complexity index is 762. The van der Waals surface area contributed by atoms with Gasteiger partial charge in [-0.05, 0) is 25.7 Å². The molecule has 1 aliphatic heterocycles. The maximum Gasteiger partial charge on any atom is 0.248 e. The number of H-pyrrole nitrogens is 1. The lowest BCUT2D eigenvalue weighted by molar-refractivity contribution is -0.136. The van der Waals surface area contributed by atoms with Gasteiger partial charge in [-0.3, -0.25) is 14.7 Å². The smallest absolute Gasteiger partial charge is 0.248 e. The minimum atomic E-state index is -0.399. The molecule has 2 amide bonds. The topological polar surface area (TPSA) is 95.9 Å². The Kier molecular flexibility index (Phi) is 4.55. The summed E-state index contributed by atoms with van der Waals surface area (Å²) in [6, 6.07) is -0.399. The Hall–Kier alpha value is -2.38. The number of amides is 2. The molecule has 0 bridgehead atoms. The number of nitrogens with zero attached hydrogens (tertiary/aromatic N) is 4. The molecule has 24 heavy (non-hydrogen) atoms. The molecular formula is C16H24N6O2. The first-order valence-electron chi connectivity index (χ1n) is 8.57. The number of hydrogen-bond donors (Lipinski definition) is 2. The summed E-state index contributed by atoms with van der Waals surface area (Å²) < 4.78 is 1.70. The van der Waals surface area contributed by atoms with Gasteiger partial charge < -0.3 is 10.2 Å². The van der Waals surface area contributed by atoms with Gasteiger partial charge in [-0.15, -0.1) is 0 Å². The third-order valence-corrected chi connectivity index (χ3v) is 4.54. The molecule has 3 rings (SSSR count). The molecule has 1 fully saturated rings. The van der Waals surface area contributed by atoms with E-state index in [1.165, 1.54) is 0 Å². The molecule has 0 radical (unpaired) electrons. The molecule has 0 unspecified atom stereocenters. The van der Waals surface area contributed by atoms with Crippen molar-refractivity contribution in [3.63, 3.8) is 0 Å². The van der Waals surface area contributed by atoms with E-state index in [1.807, 2.05) is 20.9 Å². The number of aryl methyl sites for hydroxylation is 2. The van der Waals surface area contributed by atoms with Gasteiger partial charge in [0.05, 0.1) is 11.1 Å². The molecule has 2 aromatic rings. The third-order valence-electron chi connectivity index (χ3n) is 4.54. The lowest BCUT2D eigenvalue weighted by atomic mass is 10.2. The van der Waals surface area contributed by atoms with Gasteiger partial charge in [0.2, 0.25) is 11.8 Å². The lowest BCUT2D eigenvalue weighted by Crippen LogP contribution is -2.43. The van der Waals surface area contributed by atoms with Crippen LogP contribution in [0.3, 0.4) is 0 Å². The number of aromatic amines is 1. The van der Waals surface area contributed by atoms with Gasteiger partial charge in [0.1, 0.15) is 11.9 Å². The van der Waals surface area contributed by atoms with Crippen molar-refractivity contribution in [2.24, 2.45) is 7.05 Å². The van der Waals surface area contributed by atoms with E-state index in [9.17, 15) is 9.59 Å². The number of fused-ring (bicyclic) bond motifs is 1. The second-order valence-corrected chi connectivity index (χ2v) is 6.21. The molecule has 0 spiro atoms. The Morgan fingerprint density at radius 2 is 2.17 bits per heavy atom. The lowest BCUT2D eigenvalue weighted by Gasteiger charge is -2.23. The molecule has 1 aliphatic rings. The fourth-order valence-electron chi connectivity index (χ4n) is 3.36. The second-order valence-electron chi connectivity index (χ2n) is 6.21. The Balaban J connectivity index is 1.81. The van der Waals surface area contributed by atoms with Crippen LogP contribution in [-0.2, 0) is 23.1 Å². The monoisotopic (exact) mass is 332 g/mol. The SMILES string of the molecule is CCCC(=O)N1CCC[C@@H]1C(=O)Nc1[nH]nc2c1c(CC)nn2C. The molecule has 2 N–H and O–H groups in total. The van der Waals surface area contributed by atoms with Gasteiger partial charge in [-0.2, -0.15) is 10.2 Å². The van der Waals surface area contributed by atoms with E-state index in [4.69, 9.17) is 0 Å². The fourth-order valence-corrected chi connectivity index (χ4v) is 3.36. The summed E-state index contributed by atoms with van der Waals surface area (Å²) in [6.45, 7) is 4.64. The second kappa shape index (κ2) is 6.62. The molecular weight excluding hydrogens is 308 g/mol. The number of carbonyl (C=O) groups excluding carboxylic acids is 2. The van der Waals surface area contributed by atoms with Crippen molar-refractivity contribution in [2.75, 3.05) is 11.9 Å². The first-order valence-corrected chi connectivity index (χ1v) is 8.57. The van der Waals surface area contributed by atoms with Crippen molar-refractivity contribution < 1.29 is 9.59 Å². The van der Waals surface area contributed by atoms with Crippen LogP contribution in [0.4, 0.5) is 5.82 Å². The highest BCUT2D eigenvalue weighted by Crippen LogP contribution is 2.26. The molecule has 0 saturated carbocycles. The molecule has 0 aliphatic carbocycles. The maximum absolute atomic E-state index is 12.7. The average Bonchev–Trinajstić information content (AvgIpc) is 3.25. The summed E-state index contributed by atoms with van der Waals surface area (Å²) in [5.41, 5.74) is 1.61. The molecule has 1 saturated heterocycles. The van der Waals surface area contributed by atoms with Gasteiger partial charge in [0.25, 0.3) is 0 Å². The van der Waals surface area contributed by atoms with Crippen molar-refractivity contribution in [1.29, 1.82) is 0 Å². The number of nitrogens with one attached hydrogen (secondary N) is 2. The fraction of sp³-hybridized carbons (Fsp3) is 0.625. The summed E-state index contributed by atoms with van der Waals surface area (Å²) in [7, 11) is 1.83. The maximum atomic E-state index is 12.7. The van der Waals surface area contributed by atoms with Crippen LogP contribution in [0, 0.1) is 0 Å². The van der Waals surface area contributed by atoms with Gasteiger partial charge in [-0.25, -0.2) is 4.68 Å². The Labute approximate surface area is 140 Å². The van der Waals surface area contributed by atoms with Crippen LogP contribution in [0.5, 0.6) is 0 Å². The summed E-state index contributed by atoms with van der Waals surface area (Å²) in [5, 5.41) is 15.3. The summed E-state index contributed by atoms with van der Waals surface area (Å²) in [6.07, 6.45) is 3.59. The largest absolute Gasteiger partial charge is 0.331 e. The van der Waals surface area contributed by atoms with Crippen molar-refractivity contribution in [3.05, 3.63) is 5.69 Å². The van der Waals surface area contributed by atoms with E-state index in [1.54, 1.807) is 9.58 Å². The number of anilines is 1. The minimum absolute atomic E-state index is 0.0560. The minimum Gasteiger partial charge on any atom is -0.331 e. The number of rotatable bonds is 5. The van der Waals surface area contributed by atoms with Crippen LogP contribution in [0.15, 0.2) is 0 Å². The predicted molar refractivity (Wildman–Crippen MR) is 90.5 cm³/mol. The first kappa shape index (κ1) is 16.5. The number of hydrogen-bond acceptors (Lipinski definition) is 4. The van der Waals surface area contributed by atoms with Gasteiger partial charge in [-0.1, -0.05) is 13.8 Å². The van der Waals surface area contributed by atoms with Crippen LogP contribution < -0.4 is 5.32 Å². The molecule has 2 aromatic heterocycles. The van der Waals surface area contributed by atoms with E-state index in [2.05, 4.69) is 20.6 Å². The number of aromatic nitrogens is 4. The number of carbonyl (C=O) groups is 2. The van der Waals surface area contributed by atoms with E-state index < -0.39 is 6.04 Å². The van der Waals surface area contributed by atoms with Gasteiger partial charge in [0, 0.05) is 20.0 Å². The molecule has 8 heteroatoms. The van der Waals surface area contributed by atoms with Crippen LogP contribution in [0.2, 0.25) is 0 Å². The predicted octanol–water partition coefficient (Wildman–Crippen LogP) is 1.59. The highest BCUT2D eigenvalue weighted by molar-refractivity contribution is 6.03. The summed E-state index contributed by atoms with van der Waals surface area (Å²) in [5.74, 6) is 0.462. The van der Waals surface area contributed by atoms with Crippen molar-refractivity contribution in [3.8, 4) is 0 Å². The van der Waals surface area contributed by atoms with Crippen molar-refractivity contribution >= 4 is 28.7 Å². The zero-order valence-corrected chi connectivity index (χ0v) is 14.4. The van der Waals surface area contributed by atoms with Crippen molar-refractivity contribution in [1.82, 2.24) is 24.9 Å². The van der Waals surface area contributed by atoms with E-state index >= 15 is 0 Å². The van der Waals surface area contributed by atoms with Crippen molar-refractivity contribution in [2.45, 2.75) is 52.0 Å². The summed E-state index contributed by atoms with van der Waals surface area (Å²) in [4.78, 5) is 26.6. The van der Waals surface area contributed by atoms with E-state index in [0.717, 1.165) is 30.3 Å². The molecule has 8 nitrogen and oxygen atoms in total. The van der Waals surface area contributed by atoms with E-state index in [0.29, 0.717) is 30.9 Å². The Morgan fingerprint density at radius 1 is 1.38 bits per heavy atom.